The van der Waals surface area contributed by atoms with Gasteiger partial charge in [-0.3, -0.25) is 0 Å². The maximum atomic E-state index is 3.45. The summed E-state index contributed by atoms with van der Waals surface area (Å²) in [6.45, 7) is 2.41. The van der Waals surface area contributed by atoms with Crippen LogP contribution >= 0.6 is 11.3 Å². The van der Waals surface area contributed by atoms with Crippen molar-refractivity contribution < 1.29 is 0 Å². The van der Waals surface area contributed by atoms with Crippen LogP contribution in [-0.2, 0) is 0 Å². The Balaban J connectivity index is 2.00. The summed E-state index contributed by atoms with van der Waals surface area (Å²) in [7, 11) is 4.37. The Morgan fingerprint density at radius 1 is 1.60 bits per heavy atom. The molecule has 0 saturated carbocycles. The molecule has 15 heavy (non-hydrogen) atoms. The van der Waals surface area contributed by atoms with Gasteiger partial charge in [-0.25, -0.2) is 0 Å². The quantitative estimate of drug-likeness (QED) is 0.844. The normalized spacial score (nSPS) is 23.5. The zero-order chi connectivity index (χ0) is 10.7. The summed E-state index contributed by atoms with van der Waals surface area (Å²) >= 11 is 1.88. The van der Waals surface area contributed by atoms with Gasteiger partial charge in [0, 0.05) is 10.9 Å². The lowest BCUT2D eigenvalue weighted by atomic mass is 9.97. The highest BCUT2D eigenvalue weighted by Crippen LogP contribution is 2.31. The lowest BCUT2D eigenvalue weighted by molar-refractivity contribution is 0.257. The van der Waals surface area contributed by atoms with Crippen molar-refractivity contribution in [3.8, 4) is 0 Å². The first-order chi connectivity index (χ1) is 7.27. The minimum Gasteiger partial charge on any atom is -0.316 e. The van der Waals surface area contributed by atoms with Gasteiger partial charge < -0.3 is 10.2 Å². The third-order valence-corrected chi connectivity index (χ3v) is 4.19. The van der Waals surface area contributed by atoms with Crippen molar-refractivity contribution in [3.63, 3.8) is 0 Å². The second-order valence-corrected chi connectivity index (χ2v) is 5.57. The highest BCUT2D eigenvalue weighted by atomic mass is 32.1. The molecule has 0 radical (unpaired) electrons. The van der Waals surface area contributed by atoms with Crippen molar-refractivity contribution in [1.82, 2.24) is 10.2 Å². The Bertz CT molecular complexity index is 276. The van der Waals surface area contributed by atoms with E-state index in [1.54, 1.807) is 0 Å². The van der Waals surface area contributed by atoms with Crippen molar-refractivity contribution in [3.05, 3.63) is 22.4 Å². The molecule has 0 aromatic carbocycles. The molecule has 1 N–H and O–H groups in total. The number of nitrogens with zero attached hydrogens (tertiary/aromatic N) is 1. The van der Waals surface area contributed by atoms with Crippen LogP contribution in [0.5, 0.6) is 0 Å². The predicted octanol–water partition coefficient (Wildman–Crippen LogP) is 2.35. The molecule has 2 heterocycles. The molecule has 2 rings (SSSR count). The van der Waals surface area contributed by atoms with E-state index >= 15 is 0 Å². The zero-order valence-electron chi connectivity index (χ0n) is 9.57. The molecule has 1 aliphatic heterocycles. The number of nitrogens with one attached hydrogen (secondary N) is 1. The summed E-state index contributed by atoms with van der Waals surface area (Å²) in [6.07, 6.45) is 2.64. The molecular weight excluding hydrogens is 204 g/mol. The second-order valence-electron chi connectivity index (χ2n) is 4.59. The van der Waals surface area contributed by atoms with E-state index in [9.17, 15) is 0 Å². The molecule has 2 unspecified atom stereocenters. The summed E-state index contributed by atoms with van der Waals surface area (Å²) in [4.78, 5) is 3.86. The van der Waals surface area contributed by atoms with E-state index in [1.807, 2.05) is 11.3 Å². The van der Waals surface area contributed by atoms with E-state index in [2.05, 4.69) is 41.8 Å². The van der Waals surface area contributed by atoms with Gasteiger partial charge in [0.1, 0.15) is 0 Å². The SMILES string of the molecule is CN(C)C(CC1CCNC1)c1cccs1. The molecular formula is C12H20N2S. The van der Waals surface area contributed by atoms with Crippen molar-refractivity contribution in [1.29, 1.82) is 0 Å². The molecule has 1 fully saturated rings. The van der Waals surface area contributed by atoms with E-state index in [0.717, 1.165) is 5.92 Å². The van der Waals surface area contributed by atoms with Crippen LogP contribution in [0.1, 0.15) is 23.8 Å². The number of thiophene rings is 1. The maximum absolute atomic E-state index is 3.45. The average molecular weight is 224 g/mol. The Kier molecular flexibility index (Phi) is 3.78. The molecule has 84 valence electrons. The summed E-state index contributed by atoms with van der Waals surface area (Å²) in [5.74, 6) is 0.861. The molecule has 1 aromatic rings. The molecule has 3 heteroatoms. The van der Waals surface area contributed by atoms with E-state index < -0.39 is 0 Å². The van der Waals surface area contributed by atoms with Gasteiger partial charge in [-0.05, 0) is 57.4 Å². The summed E-state index contributed by atoms with van der Waals surface area (Å²) in [6, 6.07) is 5.02. The highest BCUT2D eigenvalue weighted by Gasteiger charge is 2.22. The fourth-order valence-corrected chi connectivity index (χ4v) is 3.23. The second kappa shape index (κ2) is 5.10. The monoisotopic (exact) mass is 224 g/mol. The van der Waals surface area contributed by atoms with Crippen molar-refractivity contribution in [2.24, 2.45) is 5.92 Å². The topological polar surface area (TPSA) is 15.3 Å². The predicted molar refractivity (Wildman–Crippen MR) is 66.3 cm³/mol. The lowest BCUT2D eigenvalue weighted by Gasteiger charge is -2.25. The van der Waals surface area contributed by atoms with Gasteiger partial charge in [0.25, 0.3) is 0 Å². The molecule has 1 aliphatic rings. The summed E-state index contributed by atoms with van der Waals surface area (Å²) < 4.78 is 0. The van der Waals surface area contributed by atoms with Gasteiger partial charge in [-0.1, -0.05) is 6.07 Å². The van der Waals surface area contributed by atoms with Gasteiger partial charge >= 0.3 is 0 Å². The number of hydrogen-bond acceptors (Lipinski definition) is 3. The van der Waals surface area contributed by atoms with Crippen LogP contribution in [0.4, 0.5) is 0 Å². The van der Waals surface area contributed by atoms with Crippen LogP contribution in [0.25, 0.3) is 0 Å². The first-order valence-electron chi connectivity index (χ1n) is 5.68. The number of hydrogen-bond donors (Lipinski definition) is 1. The molecule has 1 aromatic heterocycles. The molecule has 1 saturated heterocycles. The molecule has 2 atom stereocenters. The van der Waals surface area contributed by atoms with Gasteiger partial charge in [0.15, 0.2) is 0 Å². The van der Waals surface area contributed by atoms with Crippen molar-refractivity contribution in [2.75, 3.05) is 27.2 Å². The highest BCUT2D eigenvalue weighted by molar-refractivity contribution is 7.10. The smallest absolute Gasteiger partial charge is 0.0438 e. The fourth-order valence-electron chi connectivity index (χ4n) is 2.29. The third-order valence-electron chi connectivity index (χ3n) is 3.21. The molecule has 2 nitrogen and oxygen atoms in total. The Morgan fingerprint density at radius 2 is 2.47 bits per heavy atom. The summed E-state index contributed by atoms with van der Waals surface area (Å²) in [5, 5.41) is 5.63. The van der Waals surface area contributed by atoms with Crippen molar-refractivity contribution in [2.45, 2.75) is 18.9 Å². The molecule has 0 spiro atoms. The average Bonchev–Trinajstić information content (AvgIpc) is 2.87. The van der Waals surface area contributed by atoms with E-state index in [-0.39, 0.29) is 0 Å². The van der Waals surface area contributed by atoms with Crippen LogP contribution in [0, 0.1) is 5.92 Å². The van der Waals surface area contributed by atoms with Crippen molar-refractivity contribution >= 4 is 11.3 Å². The van der Waals surface area contributed by atoms with Crippen LogP contribution in [-0.4, -0.2) is 32.1 Å². The molecule has 0 bridgehead atoms. The van der Waals surface area contributed by atoms with Gasteiger partial charge in [0.05, 0.1) is 0 Å². The standard InChI is InChI=1S/C12H20N2S/c1-14(2)11(12-4-3-7-15-12)8-10-5-6-13-9-10/h3-4,7,10-11,13H,5-6,8-9H2,1-2H3. The fraction of sp³-hybridized carbons (Fsp3) is 0.667. The van der Waals surface area contributed by atoms with Crippen LogP contribution in [0.15, 0.2) is 17.5 Å². The largest absolute Gasteiger partial charge is 0.316 e. The Morgan fingerprint density at radius 3 is 3.00 bits per heavy atom. The van der Waals surface area contributed by atoms with Gasteiger partial charge in [-0.15, -0.1) is 11.3 Å². The number of rotatable bonds is 4. The van der Waals surface area contributed by atoms with E-state index in [4.69, 9.17) is 0 Å². The Labute approximate surface area is 96.3 Å². The minimum atomic E-state index is 0.606. The first kappa shape index (κ1) is 11.1. The third kappa shape index (κ3) is 2.80. The first-order valence-corrected chi connectivity index (χ1v) is 6.56. The minimum absolute atomic E-state index is 0.606. The van der Waals surface area contributed by atoms with Gasteiger partial charge in [0.2, 0.25) is 0 Å². The maximum Gasteiger partial charge on any atom is 0.0438 e. The van der Waals surface area contributed by atoms with Crippen LogP contribution < -0.4 is 5.32 Å². The summed E-state index contributed by atoms with van der Waals surface area (Å²) in [5.41, 5.74) is 0. The van der Waals surface area contributed by atoms with Crippen LogP contribution in [0.3, 0.4) is 0 Å². The van der Waals surface area contributed by atoms with Crippen LogP contribution in [0.2, 0.25) is 0 Å². The molecule has 0 amide bonds. The molecule has 0 aliphatic carbocycles. The van der Waals surface area contributed by atoms with E-state index in [1.165, 1.54) is 30.8 Å². The lowest BCUT2D eigenvalue weighted by Crippen LogP contribution is -2.22. The van der Waals surface area contributed by atoms with Gasteiger partial charge in [-0.2, -0.15) is 0 Å². The van der Waals surface area contributed by atoms with E-state index in [0.29, 0.717) is 6.04 Å². The zero-order valence-corrected chi connectivity index (χ0v) is 10.4. The Hall–Kier alpha value is -0.380.